The van der Waals surface area contributed by atoms with Crippen LogP contribution in [0, 0.1) is 0 Å². The number of anilines is 2. The molecule has 0 saturated carbocycles. The molecule has 18 heavy (non-hydrogen) atoms. The summed E-state index contributed by atoms with van der Waals surface area (Å²) in [7, 11) is 1.86. The van der Waals surface area contributed by atoms with E-state index < -0.39 is 5.91 Å². The van der Waals surface area contributed by atoms with Gasteiger partial charge in [-0.1, -0.05) is 12.1 Å². The molecule has 6 nitrogen and oxygen atoms in total. The molecule has 1 amide bonds. The molecule has 2 aromatic rings. The second-order valence-electron chi connectivity index (χ2n) is 4.10. The third-order valence-electron chi connectivity index (χ3n) is 2.65. The van der Waals surface area contributed by atoms with Gasteiger partial charge in [0, 0.05) is 19.3 Å². The van der Waals surface area contributed by atoms with Crippen molar-refractivity contribution < 1.29 is 4.79 Å². The van der Waals surface area contributed by atoms with Crippen LogP contribution >= 0.6 is 0 Å². The summed E-state index contributed by atoms with van der Waals surface area (Å²) in [6.07, 6.45) is 1.58. The molecule has 0 radical (unpaired) electrons. The number of carbonyl (C=O) groups is 1. The van der Waals surface area contributed by atoms with Gasteiger partial charge in [0.05, 0.1) is 11.9 Å². The number of H-pyrrole nitrogens is 1. The Balaban J connectivity index is 2.19. The molecule has 5 N–H and O–H groups in total. The molecule has 2 rings (SSSR count). The van der Waals surface area contributed by atoms with Crippen LogP contribution in [0.4, 0.5) is 11.4 Å². The standard InChI is InChI=1S/C12H15N5O/c1-17(7-8-3-2-4-9(13)5-8)10-6-15-16-11(10)12(14)18/h2-6H,7,13H2,1H3,(H2,14,18)(H,15,16). The number of aromatic amines is 1. The minimum absolute atomic E-state index is 0.307. The van der Waals surface area contributed by atoms with Gasteiger partial charge in [-0.15, -0.1) is 0 Å². The average molecular weight is 245 g/mol. The molecular formula is C12H15N5O. The molecule has 1 heterocycles. The summed E-state index contributed by atoms with van der Waals surface area (Å²) in [5.74, 6) is -0.526. The summed E-state index contributed by atoms with van der Waals surface area (Å²) >= 11 is 0. The number of rotatable bonds is 4. The molecule has 1 aromatic carbocycles. The summed E-state index contributed by atoms with van der Waals surface area (Å²) in [4.78, 5) is 13.1. The zero-order chi connectivity index (χ0) is 13.1. The lowest BCUT2D eigenvalue weighted by Gasteiger charge is -2.18. The van der Waals surface area contributed by atoms with Gasteiger partial charge < -0.3 is 16.4 Å². The van der Waals surface area contributed by atoms with Gasteiger partial charge in [0.1, 0.15) is 5.69 Å². The Morgan fingerprint density at radius 1 is 1.50 bits per heavy atom. The van der Waals surface area contributed by atoms with Gasteiger partial charge in [-0.05, 0) is 17.7 Å². The number of amides is 1. The third kappa shape index (κ3) is 2.42. The first-order valence-electron chi connectivity index (χ1n) is 5.46. The Kier molecular flexibility index (Phi) is 3.18. The van der Waals surface area contributed by atoms with Crippen LogP contribution in [0.15, 0.2) is 30.5 Å². The lowest BCUT2D eigenvalue weighted by atomic mass is 10.2. The summed E-state index contributed by atoms with van der Waals surface area (Å²) in [5.41, 5.74) is 13.7. The van der Waals surface area contributed by atoms with E-state index in [0.717, 1.165) is 5.56 Å². The Bertz CT molecular complexity index is 563. The fourth-order valence-electron chi connectivity index (χ4n) is 1.80. The summed E-state index contributed by atoms with van der Waals surface area (Å²) in [5, 5.41) is 6.42. The van der Waals surface area contributed by atoms with Gasteiger partial charge in [0.15, 0.2) is 0 Å². The van der Waals surface area contributed by atoms with Crippen molar-refractivity contribution in [1.82, 2.24) is 10.2 Å². The van der Waals surface area contributed by atoms with E-state index in [2.05, 4.69) is 10.2 Å². The Morgan fingerprint density at radius 2 is 2.28 bits per heavy atom. The molecule has 94 valence electrons. The zero-order valence-corrected chi connectivity index (χ0v) is 10.1. The van der Waals surface area contributed by atoms with Crippen molar-refractivity contribution >= 4 is 17.3 Å². The first-order valence-corrected chi connectivity index (χ1v) is 5.46. The Labute approximate surface area is 105 Å². The van der Waals surface area contributed by atoms with Crippen molar-refractivity contribution in [1.29, 1.82) is 0 Å². The number of aromatic nitrogens is 2. The van der Waals surface area contributed by atoms with Crippen LogP contribution in [0.5, 0.6) is 0 Å². The number of hydrogen-bond donors (Lipinski definition) is 3. The highest BCUT2D eigenvalue weighted by molar-refractivity contribution is 5.96. The highest BCUT2D eigenvalue weighted by atomic mass is 16.1. The molecular weight excluding hydrogens is 230 g/mol. The second-order valence-corrected chi connectivity index (χ2v) is 4.10. The monoisotopic (exact) mass is 245 g/mol. The first kappa shape index (κ1) is 12.0. The number of nitrogens with two attached hydrogens (primary N) is 2. The zero-order valence-electron chi connectivity index (χ0n) is 10.1. The highest BCUT2D eigenvalue weighted by Crippen LogP contribution is 2.19. The van der Waals surface area contributed by atoms with Gasteiger partial charge in [0.25, 0.3) is 5.91 Å². The van der Waals surface area contributed by atoms with E-state index in [9.17, 15) is 4.79 Å². The molecule has 0 bridgehead atoms. The smallest absolute Gasteiger partial charge is 0.268 e. The summed E-state index contributed by atoms with van der Waals surface area (Å²) in [6.45, 7) is 0.616. The molecule has 0 saturated heterocycles. The van der Waals surface area contributed by atoms with Crippen LogP contribution in [0.25, 0.3) is 0 Å². The van der Waals surface area contributed by atoms with Crippen molar-refractivity contribution in [3.8, 4) is 0 Å². The maximum atomic E-state index is 11.2. The number of nitrogens with zero attached hydrogens (tertiary/aromatic N) is 2. The summed E-state index contributed by atoms with van der Waals surface area (Å²) < 4.78 is 0. The van der Waals surface area contributed by atoms with Crippen LogP contribution in [0.2, 0.25) is 0 Å². The van der Waals surface area contributed by atoms with Crippen molar-refractivity contribution in [3.63, 3.8) is 0 Å². The molecule has 0 aliphatic rings. The van der Waals surface area contributed by atoms with Gasteiger partial charge in [-0.25, -0.2) is 0 Å². The SMILES string of the molecule is CN(Cc1cccc(N)c1)c1cn[nH]c1C(N)=O. The number of benzene rings is 1. The number of nitrogens with one attached hydrogen (secondary N) is 1. The van der Waals surface area contributed by atoms with Crippen LogP contribution in [0.3, 0.4) is 0 Å². The van der Waals surface area contributed by atoms with E-state index in [0.29, 0.717) is 23.6 Å². The van der Waals surface area contributed by atoms with E-state index in [1.807, 2.05) is 36.2 Å². The van der Waals surface area contributed by atoms with Gasteiger partial charge in [-0.2, -0.15) is 5.10 Å². The lowest BCUT2D eigenvalue weighted by Crippen LogP contribution is -2.21. The maximum Gasteiger partial charge on any atom is 0.268 e. The number of nitrogen functional groups attached to an aromatic ring is 1. The number of carbonyl (C=O) groups excluding carboxylic acids is 1. The molecule has 6 heteroatoms. The van der Waals surface area contributed by atoms with Crippen molar-refractivity contribution in [3.05, 3.63) is 41.7 Å². The fraction of sp³-hybridized carbons (Fsp3) is 0.167. The fourth-order valence-corrected chi connectivity index (χ4v) is 1.80. The van der Waals surface area contributed by atoms with Crippen molar-refractivity contribution in [2.24, 2.45) is 5.73 Å². The largest absolute Gasteiger partial charge is 0.399 e. The molecule has 0 fully saturated rings. The Morgan fingerprint density at radius 3 is 2.94 bits per heavy atom. The minimum Gasteiger partial charge on any atom is -0.399 e. The molecule has 0 unspecified atom stereocenters. The second kappa shape index (κ2) is 4.79. The van der Waals surface area contributed by atoms with Crippen LogP contribution in [-0.4, -0.2) is 23.2 Å². The predicted octanol–water partition coefficient (Wildman–Crippen LogP) is 0.727. The molecule has 0 spiro atoms. The minimum atomic E-state index is -0.526. The van der Waals surface area contributed by atoms with E-state index in [1.54, 1.807) is 6.20 Å². The maximum absolute atomic E-state index is 11.2. The normalized spacial score (nSPS) is 10.3. The quantitative estimate of drug-likeness (QED) is 0.691. The van der Waals surface area contributed by atoms with Crippen molar-refractivity contribution in [2.45, 2.75) is 6.54 Å². The highest BCUT2D eigenvalue weighted by Gasteiger charge is 2.14. The van der Waals surface area contributed by atoms with Crippen LogP contribution in [-0.2, 0) is 6.54 Å². The van der Waals surface area contributed by atoms with Gasteiger partial charge in [0.2, 0.25) is 0 Å². The molecule has 1 aromatic heterocycles. The van der Waals surface area contributed by atoms with Crippen molar-refractivity contribution in [2.75, 3.05) is 17.7 Å². The number of hydrogen-bond acceptors (Lipinski definition) is 4. The third-order valence-corrected chi connectivity index (χ3v) is 2.65. The topological polar surface area (TPSA) is 101 Å². The van der Waals surface area contributed by atoms with E-state index in [4.69, 9.17) is 11.5 Å². The van der Waals surface area contributed by atoms with E-state index in [1.165, 1.54) is 0 Å². The molecule has 0 atom stereocenters. The van der Waals surface area contributed by atoms with Crippen LogP contribution < -0.4 is 16.4 Å². The first-order chi connectivity index (χ1) is 8.58. The van der Waals surface area contributed by atoms with Gasteiger partial charge in [-0.3, -0.25) is 9.89 Å². The lowest BCUT2D eigenvalue weighted by molar-refractivity contribution is 0.0996. The number of primary amides is 1. The molecule has 0 aliphatic heterocycles. The van der Waals surface area contributed by atoms with Crippen LogP contribution in [0.1, 0.15) is 16.1 Å². The van der Waals surface area contributed by atoms with E-state index in [-0.39, 0.29) is 0 Å². The Hall–Kier alpha value is -2.50. The molecule has 0 aliphatic carbocycles. The average Bonchev–Trinajstić information content (AvgIpc) is 2.77. The van der Waals surface area contributed by atoms with Gasteiger partial charge >= 0.3 is 0 Å². The predicted molar refractivity (Wildman–Crippen MR) is 70.1 cm³/mol. The summed E-state index contributed by atoms with van der Waals surface area (Å²) in [6, 6.07) is 7.58. The van der Waals surface area contributed by atoms with E-state index >= 15 is 0 Å².